The fourth-order valence-electron chi connectivity index (χ4n) is 2.53. The molecule has 0 heterocycles. The molecule has 2 atom stereocenters. The molecular formula is C19H25N. The molecule has 1 N–H and O–H groups in total. The largest absolute Gasteiger partial charge is 0.314 e. The Labute approximate surface area is 123 Å². The van der Waals surface area contributed by atoms with Crippen LogP contribution in [-0.2, 0) is 12.8 Å². The highest BCUT2D eigenvalue weighted by atomic mass is 14.9. The third kappa shape index (κ3) is 5.18. The molecule has 0 saturated heterocycles. The summed E-state index contributed by atoms with van der Waals surface area (Å²) >= 11 is 0. The molecule has 0 fully saturated rings. The van der Waals surface area contributed by atoms with Gasteiger partial charge in [0.05, 0.1) is 0 Å². The molecule has 0 spiro atoms. The minimum atomic E-state index is 0.524. The zero-order chi connectivity index (χ0) is 14.2. The van der Waals surface area contributed by atoms with Crippen LogP contribution in [0.5, 0.6) is 0 Å². The first-order valence-corrected chi connectivity index (χ1v) is 7.55. The van der Waals surface area contributed by atoms with Gasteiger partial charge in [-0.3, -0.25) is 0 Å². The van der Waals surface area contributed by atoms with Crippen molar-refractivity contribution in [2.45, 2.75) is 32.7 Å². The van der Waals surface area contributed by atoms with Crippen molar-refractivity contribution >= 4 is 0 Å². The molecule has 0 aromatic heterocycles. The molecule has 20 heavy (non-hydrogen) atoms. The van der Waals surface area contributed by atoms with Crippen LogP contribution in [0.1, 0.15) is 25.0 Å². The van der Waals surface area contributed by atoms with Crippen molar-refractivity contribution in [2.24, 2.45) is 5.92 Å². The zero-order valence-electron chi connectivity index (χ0n) is 12.5. The fraction of sp³-hybridized carbons (Fsp3) is 0.368. The summed E-state index contributed by atoms with van der Waals surface area (Å²) in [6.07, 6.45) is 2.24. The van der Waals surface area contributed by atoms with Crippen molar-refractivity contribution in [3.8, 4) is 0 Å². The molecule has 0 bridgehead atoms. The molecule has 0 radical (unpaired) electrons. The van der Waals surface area contributed by atoms with Gasteiger partial charge in [0.15, 0.2) is 0 Å². The Morgan fingerprint density at radius 1 is 0.750 bits per heavy atom. The van der Waals surface area contributed by atoms with Crippen LogP contribution in [0.2, 0.25) is 0 Å². The number of rotatable bonds is 7. The standard InChI is InChI=1S/C19H25N/c1-16(13-18-9-5-3-6-10-18)15-20-17(2)14-19-11-7-4-8-12-19/h3-12,16-17,20H,13-15H2,1-2H3/t16-,17-/m0/s1. The molecule has 0 aliphatic heterocycles. The lowest BCUT2D eigenvalue weighted by Gasteiger charge is -2.18. The van der Waals surface area contributed by atoms with Crippen LogP contribution in [0.4, 0.5) is 0 Å². The van der Waals surface area contributed by atoms with Crippen molar-refractivity contribution in [2.75, 3.05) is 6.54 Å². The van der Waals surface area contributed by atoms with Crippen LogP contribution in [0.25, 0.3) is 0 Å². The van der Waals surface area contributed by atoms with Crippen molar-refractivity contribution in [3.05, 3.63) is 71.8 Å². The molecule has 2 aromatic carbocycles. The van der Waals surface area contributed by atoms with E-state index in [2.05, 4.69) is 79.8 Å². The average molecular weight is 267 g/mol. The Morgan fingerprint density at radius 2 is 1.25 bits per heavy atom. The van der Waals surface area contributed by atoms with Crippen LogP contribution >= 0.6 is 0 Å². The maximum Gasteiger partial charge on any atom is 0.00792 e. The third-order valence-electron chi connectivity index (χ3n) is 3.63. The number of hydrogen-bond acceptors (Lipinski definition) is 1. The highest BCUT2D eigenvalue weighted by Gasteiger charge is 2.07. The maximum absolute atomic E-state index is 3.65. The Kier molecular flexibility index (Phi) is 5.82. The third-order valence-corrected chi connectivity index (χ3v) is 3.63. The van der Waals surface area contributed by atoms with Gasteiger partial charge in [0.1, 0.15) is 0 Å². The summed E-state index contributed by atoms with van der Waals surface area (Å²) in [6, 6.07) is 22.0. The lowest BCUT2D eigenvalue weighted by molar-refractivity contribution is 0.458. The minimum absolute atomic E-state index is 0.524. The first-order valence-electron chi connectivity index (χ1n) is 7.55. The first kappa shape index (κ1) is 14.8. The topological polar surface area (TPSA) is 12.0 Å². The van der Waals surface area contributed by atoms with E-state index in [1.807, 2.05) is 0 Å². The second kappa shape index (κ2) is 7.86. The van der Waals surface area contributed by atoms with E-state index < -0.39 is 0 Å². The van der Waals surface area contributed by atoms with Gasteiger partial charge in [-0.05, 0) is 43.4 Å². The Hall–Kier alpha value is -1.60. The van der Waals surface area contributed by atoms with Gasteiger partial charge < -0.3 is 5.32 Å². The van der Waals surface area contributed by atoms with Gasteiger partial charge in [-0.25, -0.2) is 0 Å². The van der Waals surface area contributed by atoms with Crippen molar-refractivity contribution in [1.29, 1.82) is 0 Å². The summed E-state index contributed by atoms with van der Waals surface area (Å²) in [5.74, 6) is 0.663. The normalized spacial score (nSPS) is 13.9. The van der Waals surface area contributed by atoms with E-state index in [-0.39, 0.29) is 0 Å². The molecular weight excluding hydrogens is 242 g/mol. The van der Waals surface area contributed by atoms with Crippen LogP contribution in [-0.4, -0.2) is 12.6 Å². The smallest absolute Gasteiger partial charge is 0.00792 e. The number of benzene rings is 2. The van der Waals surface area contributed by atoms with Gasteiger partial charge in [0, 0.05) is 6.04 Å². The summed E-state index contributed by atoms with van der Waals surface area (Å²) in [6.45, 7) is 5.65. The van der Waals surface area contributed by atoms with Crippen LogP contribution in [0.3, 0.4) is 0 Å². The molecule has 1 nitrogen and oxygen atoms in total. The second-order valence-corrected chi connectivity index (χ2v) is 5.79. The SMILES string of the molecule is C[C@H](CN[C@@H](C)Cc1ccccc1)Cc1ccccc1. The molecule has 0 aliphatic rings. The van der Waals surface area contributed by atoms with Crippen LogP contribution < -0.4 is 5.32 Å². The fourth-order valence-corrected chi connectivity index (χ4v) is 2.53. The summed E-state index contributed by atoms with van der Waals surface area (Å²) < 4.78 is 0. The van der Waals surface area contributed by atoms with Crippen LogP contribution in [0.15, 0.2) is 60.7 Å². The van der Waals surface area contributed by atoms with Gasteiger partial charge in [0.2, 0.25) is 0 Å². The van der Waals surface area contributed by atoms with E-state index in [1.165, 1.54) is 11.1 Å². The van der Waals surface area contributed by atoms with E-state index in [4.69, 9.17) is 0 Å². The Balaban J connectivity index is 1.71. The van der Waals surface area contributed by atoms with E-state index >= 15 is 0 Å². The lowest BCUT2D eigenvalue weighted by atomic mass is 10.0. The molecule has 2 rings (SSSR count). The van der Waals surface area contributed by atoms with Gasteiger partial charge >= 0.3 is 0 Å². The average Bonchev–Trinajstić information content (AvgIpc) is 2.47. The van der Waals surface area contributed by atoms with Crippen molar-refractivity contribution in [3.63, 3.8) is 0 Å². The highest BCUT2D eigenvalue weighted by Crippen LogP contribution is 2.08. The molecule has 1 heteroatoms. The predicted molar refractivity (Wildman–Crippen MR) is 86.9 cm³/mol. The predicted octanol–water partition coefficient (Wildman–Crippen LogP) is 4.09. The summed E-state index contributed by atoms with van der Waals surface area (Å²) in [5, 5.41) is 3.65. The Morgan fingerprint density at radius 3 is 1.80 bits per heavy atom. The van der Waals surface area contributed by atoms with E-state index in [1.54, 1.807) is 0 Å². The Bertz CT molecular complexity index is 430. The lowest BCUT2D eigenvalue weighted by Crippen LogP contribution is -2.32. The van der Waals surface area contributed by atoms with Gasteiger partial charge in [-0.1, -0.05) is 67.6 Å². The first-order chi connectivity index (χ1) is 9.74. The molecule has 106 valence electrons. The number of nitrogens with one attached hydrogen (secondary N) is 1. The van der Waals surface area contributed by atoms with Gasteiger partial charge in [-0.15, -0.1) is 0 Å². The van der Waals surface area contributed by atoms with E-state index in [9.17, 15) is 0 Å². The van der Waals surface area contributed by atoms with Crippen LogP contribution in [0, 0.1) is 5.92 Å². The molecule has 0 amide bonds. The molecule has 0 unspecified atom stereocenters. The number of hydrogen-bond donors (Lipinski definition) is 1. The highest BCUT2D eigenvalue weighted by molar-refractivity contribution is 5.16. The van der Waals surface area contributed by atoms with Crippen molar-refractivity contribution < 1.29 is 0 Å². The quantitative estimate of drug-likeness (QED) is 0.797. The minimum Gasteiger partial charge on any atom is -0.314 e. The van der Waals surface area contributed by atoms with Crippen molar-refractivity contribution in [1.82, 2.24) is 5.32 Å². The summed E-state index contributed by atoms with van der Waals surface area (Å²) in [5.41, 5.74) is 2.83. The van der Waals surface area contributed by atoms with E-state index in [0.717, 1.165) is 19.4 Å². The molecule has 0 aliphatic carbocycles. The second-order valence-electron chi connectivity index (χ2n) is 5.79. The van der Waals surface area contributed by atoms with E-state index in [0.29, 0.717) is 12.0 Å². The molecule has 0 saturated carbocycles. The zero-order valence-corrected chi connectivity index (χ0v) is 12.5. The monoisotopic (exact) mass is 267 g/mol. The van der Waals surface area contributed by atoms with Gasteiger partial charge in [0.25, 0.3) is 0 Å². The summed E-state index contributed by atoms with van der Waals surface area (Å²) in [4.78, 5) is 0. The maximum atomic E-state index is 3.65. The summed E-state index contributed by atoms with van der Waals surface area (Å²) in [7, 11) is 0. The molecule has 2 aromatic rings. The van der Waals surface area contributed by atoms with Gasteiger partial charge in [-0.2, -0.15) is 0 Å².